The molecule has 0 aromatic heterocycles. The number of amides is 2. The molecule has 2 aromatic carbocycles. The molecule has 4 rings (SSSR count). The minimum Gasteiger partial charge on any atom is -0.410 e. The summed E-state index contributed by atoms with van der Waals surface area (Å²) in [6.07, 6.45) is 6.18. The minimum atomic E-state index is -0.321. The van der Waals surface area contributed by atoms with Crippen LogP contribution < -0.4 is 10.1 Å². The average molecular weight is 486 g/mol. The molecule has 1 saturated heterocycles. The Bertz CT molecular complexity index is 967. The van der Waals surface area contributed by atoms with Crippen molar-refractivity contribution in [2.75, 3.05) is 33.7 Å². The lowest BCUT2D eigenvalue weighted by atomic mass is 9.79. The molecule has 1 aliphatic carbocycles. The van der Waals surface area contributed by atoms with Gasteiger partial charge in [-0.25, -0.2) is 4.79 Å². The van der Waals surface area contributed by atoms with Crippen LogP contribution >= 0.6 is 12.4 Å². The van der Waals surface area contributed by atoms with E-state index in [1.54, 1.807) is 14.1 Å². The number of ether oxygens (including phenoxy) is 1. The van der Waals surface area contributed by atoms with Crippen LogP contribution in [0, 0.1) is 0 Å². The highest BCUT2D eigenvalue weighted by Crippen LogP contribution is 2.44. The quantitative estimate of drug-likeness (QED) is 0.542. The van der Waals surface area contributed by atoms with Crippen molar-refractivity contribution in [3.05, 3.63) is 65.2 Å². The lowest BCUT2D eigenvalue weighted by molar-refractivity contribution is 0.0952. The maximum atomic E-state index is 12.1. The van der Waals surface area contributed by atoms with E-state index >= 15 is 0 Å². The van der Waals surface area contributed by atoms with Gasteiger partial charge < -0.3 is 15.0 Å². The number of rotatable bonds is 8. The molecule has 1 fully saturated rings. The standard InChI is InChI=1S/C27H35N3O3.ClH/c1-29(2)27(32)33-25-13-9-12-21-22-16-19-30(24(22)15-14-23(21)25)18-8-4-7-17-28-26(31)20-10-5-3-6-11-20;/h3,5-6,9-13,22,24H,4,7-8,14-19H2,1-2H3,(H,28,31);1H/t22-,24+;/m0./s1. The number of hydrogen-bond donors (Lipinski definition) is 1. The zero-order valence-electron chi connectivity index (χ0n) is 20.2. The van der Waals surface area contributed by atoms with Gasteiger partial charge in [-0.3, -0.25) is 9.69 Å². The molecule has 1 N–H and O–H groups in total. The fourth-order valence-electron chi connectivity index (χ4n) is 5.22. The van der Waals surface area contributed by atoms with E-state index in [-0.39, 0.29) is 24.4 Å². The minimum absolute atomic E-state index is 0. The third-order valence-corrected chi connectivity index (χ3v) is 6.93. The topological polar surface area (TPSA) is 61.9 Å². The molecule has 0 unspecified atom stereocenters. The van der Waals surface area contributed by atoms with Crippen LogP contribution in [-0.2, 0) is 6.42 Å². The van der Waals surface area contributed by atoms with Crippen LogP contribution in [0.1, 0.15) is 59.5 Å². The van der Waals surface area contributed by atoms with Gasteiger partial charge in [0.2, 0.25) is 0 Å². The number of carbonyl (C=O) groups excluding carboxylic acids is 2. The Morgan fingerprint density at radius 3 is 2.59 bits per heavy atom. The third-order valence-electron chi connectivity index (χ3n) is 6.93. The molecule has 2 aromatic rings. The van der Waals surface area contributed by atoms with E-state index in [2.05, 4.69) is 16.3 Å². The number of halogens is 1. The number of benzene rings is 2. The second-order valence-electron chi connectivity index (χ2n) is 9.31. The predicted molar refractivity (Wildman–Crippen MR) is 137 cm³/mol. The summed E-state index contributed by atoms with van der Waals surface area (Å²) in [5.41, 5.74) is 3.30. The molecule has 0 spiro atoms. The van der Waals surface area contributed by atoms with Crippen molar-refractivity contribution in [3.63, 3.8) is 0 Å². The average Bonchev–Trinajstić information content (AvgIpc) is 3.25. The molecule has 7 heteroatoms. The summed E-state index contributed by atoms with van der Waals surface area (Å²) in [4.78, 5) is 28.3. The van der Waals surface area contributed by atoms with Gasteiger partial charge >= 0.3 is 6.09 Å². The lowest BCUT2D eigenvalue weighted by Gasteiger charge is -2.34. The molecule has 0 bridgehead atoms. The fraction of sp³-hybridized carbons (Fsp3) is 0.481. The molecule has 6 nitrogen and oxygen atoms in total. The molecule has 1 heterocycles. The van der Waals surface area contributed by atoms with Gasteiger partial charge in [-0.2, -0.15) is 0 Å². The van der Waals surface area contributed by atoms with Crippen LogP contribution in [0.5, 0.6) is 5.75 Å². The van der Waals surface area contributed by atoms with Crippen molar-refractivity contribution in [1.82, 2.24) is 15.1 Å². The maximum Gasteiger partial charge on any atom is 0.414 e. The van der Waals surface area contributed by atoms with Gasteiger partial charge in [0.05, 0.1) is 0 Å². The molecule has 0 saturated carbocycles. The SMILES string of the molecule is CN(C)C(=O)Oc1cccc2c1CC[C@@H]1[C@H]2CCN1CCCCCNC(=O)c1ccccc1.Cl. The van der Waals surface area contributed by atoms with Crippen LogP contribution in [0.15, 0.2) is 48.5 Å². The van der Waals surface area contributed by atoms with Gasteiger partial charge in [-0.1, -0.05) is 36.8 Å². The zero-order valence-corrected chi connectivity index (χ0v) is 21.0. The number of unbranched alkanes of at least 4 members (excludes halogenated alkanes) is 2. The Morgan fingerprint density at radius 2 is 1.82 bits per heavy atom. The van der Waals surface area contributed by atoms with Crippen molar-refractivity contribution < 1.29 is 14.3 Å². The molecule has 0 radical (unpaired) electrons. The summed E-state index contributed by atoms with van der Waals surface area (Å²) in [5, 5.41) is 3.02. The number of nitrogens with zero attached hydrogens (tertiary/aromatic N) is 2. The molecule has 2 aliphatic rings. The van der Waals surface area contributed by atoms with Crippen LogP contribution in [0.3, 0.4) is 0 Å². The third kappa shape index (κ3) is 6.10. The Kier molecular flexibility index (Phi) is 9.36. The number of fused-ring (bicyclic) bond motifs is 3. The molecule has 34 heavy (non-hydrogen) atoms. The van der Waals surface area contributed by atoms with E-state index in [4.69, 9.17) is 4.74 Å². The van der Waals surface area contributed by atoms with Gasteiger partial charge in [-0.15, -0.1) is 12.4 Å². The predicted octanol–water partition coefficient (Wildman–Crippen LogP) is 4.87. The monoisotopic (exact) mass is 485 g/mol. The van der Waals surface area contributed by atoms with Gasteiger partial charge in [0, 0.05) is 38.2 Å². The first-order valence-electron chi connectivity index (χ1n) is 12.1. The van der Waals surface area contributed by atoms with Gasteiger partial charge in [-0.05, 0) is 74.5 Å². The Hall–Kier alpha value is -2.57. The number of carbonyl (C=O) groups is 2. The maximum absolute atomic E-state index is 12.1. The van der Waals surface area contributed by atoms with Crippen LogP contribution in [0.4, 0.5) is 4.79 Å². The Morgan fingerprint density at radius 1 is 1.03 bits per heavy atom. The summed E-state index contributed by atoms with van der Waals surface area (Å²) >= 11 is 0. The molecular weight excluding hydrogens is 450 g/mol. The second-order valence-corrected chi connectivity index (χ2v) is 9.31. The highest BCUT2D eigenvalue weighted by atomic mass is 35.5. The first-order valence-corrected chi connectivity index (χ1v) is 12.1. The summed E-state index contributed by atoms with van der Waals surface area (Å²) in [7, 11) is 3.42. The van der Waals surface area contributed by atoms with E-state index in [0.29, 0.717) is 12.0 Å². The first-order chi connectivity index (χ1) is 16.0. The van der Waals surface area contributed by atoms with Crippen molar-refractivity contribution in [1.29, 1.82) is 0 Å². The summed E-state index contributed by atoms with van der Waals surface area (Å²) in [6, 6.07) is 16.1. The van der Waals surface area contributed by atoms with Gasteiger partial charge in [0.15, 0.2) is 0 Å². The van der Waals surface area contributed by atoms with E-state index in [9.17, 15) is 9.59 Å². The number of nitrogens with one attached hydrogen (secondary N) is 1. The summed E-state index contributed by atoms with van der Waals surface area (Å²) < 4.78 is 5.64. The molecular formula is C27H36ClN3O3. The molecule has 184 valence electrons. The molecule has 2 amide bonds. The largest absolute Gasteiger partial charge is 0.414 e. The van der Waals surface area contributed by atoms with Crippen LogP contribution in [-0.4, -0.2) is 61.6 Å². The normalized spacial score (nSPS) is 18.9. The van der Waals surface area contributed by atoms with Crippen molar-refractivity contribution in [2.45, 2.75) is 50.5 Å². The van der Waals surface area contributed by atoms with Gasteiger partial charge in [0.1, 0.15) is 5.75 Å². The van der Waals surface area contributed by atoms with Crippen LogP contribution in [0.25, 0.3) is 0 Å². The van der Waals surface area contributed by atoms with Gasteiger partial charge in [0.25, 0.3) is 5.91 Å². The number of hydrogen-bond acceptors (Lipinski definition) is 4. The first kappa shape index (κ1) is 26.0. The summed E-state index contributed by atoms with van der Waals surface area (Å²) in [5.74, 6) is 1.26. The lowest BCUT2D eigenvalue weighted by Crippen LogP contribution is -2.36. The molecule has 1 aliphatic heterocycles. The van der Waals surface area contributed by atoms with Crippen molar-refractivity contribution >= 4 is 24.4 Å². The highest BCUT2D eigenvalue weighted by molar-refractivity contribution is 5.94. The van der Waals surface area contributed by atoms with Crippen molar-refractivity contribution in [2.24, 2.45) is 0 Å². The highest BCUT2D eigenvalue weighted by Gasteiger charge is 2.39. The van der Waals surface area contributed by atoms with E-state index < -0.39 is 0 Å². The van der Waals surface area contributed by atoms with E-state index in [0.717, 1.165) is 69.5 Å². The fourth-order valence-corrected chi connectivity index (χ4v) is 5.22. The zero-order chi connectivity index (χ0) is 23.2. The van der Waals surface area contributed by atoms with Crippen molar-refractivity contribution in [3.8, 4) is 5.75 Å². The molecule has 2 atom stereocenters. The second kappa shape index (κ2) is 12.2. The Balaban J connectivity index is 0.00000324. The smallest absolute Gasteiger partial charge is 0.410 e. The Labute approximate surface area is 209 Å². The number of likely N-dealkylation sites (tertiary alicyclic amines) is 1. The van der Waals surface area contributed by atoms with E-state index in [1.807, 2.05) is 42.5 Å². The summed E-state index contributed by atoms with van der Waals surface area (Å²) in [6.45, 7) is 2.96. The van der Waals surface area contributed by atoms with E-state index in [1.165, 1.54) is 16.0 Å². The van der Waals surface area contributed by atoms with Crippen LogP contribution in [0.2, 0.25) is 0 Å².